The van der Waals surface area contributed by atoms with E-state index >= 15 is 0 Å². The molecule has 2 aromatic rings. The number of hydrogen-bond acceptors (Lipinski definition) is 4. The van der Waals surface area contributed by atoms with E-state index in [1.165, 1.54) is 0 Å². The zero-order chi connectivity index (χ0) is 17.2. The number of para-hydroxylation sites is 3. The molecule has 2 aromatic carbocycles. The van der Waals surface area contributed by atoms with Crippen molar-refractivity contribution in [3.05, 3.63) is 54.1 Å². The summed E-state index contributed by atoms with van der Waals surface area (Å²) < 4.78 is 10.7. The predicted octanol–water partition coefficient (Wildman–Crippen LogP) is 3.03. The van der Waals surface area contributed by atoms with Crippen LogP contribution in [0.15, 0.2) is 53.6 Å². The van der Waals surface area contributed by atoms with Crippen LogP contribution in [0.25, 0.3) is 0 Å². The SMILES string of the molecule is C#CCOc1ccccc1/C=N\NC(=S)Nc1ccccc1OC. The monoisotopic (exact) mass is 339 g/mol. The van der Waals surface area contributed by atoms with E-state index in [-0.39, 0.29) is 6.61 Å². The minimum atomic E-state index is 0.200. The van der Waals surface area contributed by atoms with Crippen molar-refractivity contribution in [3.63, 3.8) is 0 Å². The summed E-state index contributed by atoms with van der Waals surface area (Å²) in [6.07, 6.45) is 6.82. The van der Waals surface area contributed by atoms with E-state index in [0.717, 1.165) is 11.3 Å². The van der Waals surface area contributed by atoms with Crippen LogP contribution in [-0.2, 0) is 0 Å². The molecule has 122 valence electrons. The fourth-order valence-electron chi connectivity index (χ4n) is 1.90. The Morgan fingerprint density at radius 2 is 1.92 bits per heavy atom. The van der Waals surface area contributed by atoms with Crippen LogP contribution in [0.2, 0.25) is 0 Å². The maximum absolute atomic E-state index is 5.45. The molecule has 2 rings (SSSR count). The van der Waals surface area contributed by atoms with Gasteiger partial charge in [0.05, 0.1) is 19.0 Å². The molecule has 6 heteroatoms. The van der Waals surface area contributed by atoms with Gasteiger partial charge in [0.1, 0.15) is 18.1 Å². The summed E-state index contributed by atoms with van der Waals surface area (Å²) in [5, 5.41) is 7.48. The molecular weight excluding hydrogens is 322 g/mol. The van der Waals surface area contributed by atoms with Crippen LogP contribution in [0.5, 0.6) is 11.5 Å². The van der Waals surface area contributed by atoms with Crippen molar-refractivity contribution in [1.29, 1.82) is 0 Å². The molecule has 0 aliphatic carbocycles. The summed E-state index contributed by atoms with van der Waals surface area (Å²) in [4.78, 5) is 0. The van der Waals surface area contributed by atoms with E-state index in [4.69, 9.17) is 28.1 Å². The van der Waals surface area contributed by atoms with Crippen LogP contribution >= 0.6 is 12.2 Å². The van der Waals surface area contributed by atoms with Gasteiger partial charge in [-0.25, -0.2) is 0 Å². The van der Waals surface area contributed by atoms with Gasteiger partial charge >= 0.3 is 0 Å². The van der Waals surface area contributed by atoms with E-state index in [0.29, 0.717) is 16.6 Å². The largest absolute Gasteiger partial charge is 0.495 e. The van der Waals surface area contributed by atoms with Crippen molar-refractivity contribution in [1.82, 2.24) is 5.43 Å². The second kappa shape index (κ2) is 9.18. The Morgan fingerprint density at radius 3 is 2.67 bits per heavy atom. The fraction of sp³-hybridized carbons (Fsp3) is 0.111. The average Bonchev–Trinajstić information content (AvgIpc) is 2.61. The fourth-order valence-corrected chi connectivity index (χ4v) is 2.06. The number of terminal acetylenes is 1. The van der Waals surface area contributed by atoms with Gasteiger partial charge in [-0.1, -0.05) is 30.2 Å². The van der Waals surface area contributed by atoms with Crippen LogP contribution in [0.3, 0.4) is 0 Å². The lowest BCUT2D eigenvalue weighted by Gasteiger charge is -2.11. The lowest BCUT2D eigenvalue weighted by molar-refractivity contribution is 0.370. The third kappa shape index (κ3) is 5.00. The molecule has 0 atom stereocenters. The summed E-state index contributed by atoms with van der Waals surface area (Å²) in [6, 6.07) is 14.9. The van der Waals surface area contributed by atoms with E-state index in [1.54, 1.807) is 13.3 Å². The lowest BCUT2D eigenvalue weighted by atomic mass is 10.2. The standard InChI is InChI=1S/C18H17N3O2S/c1-3-12-23-16-10-6-4-8-14(16)13-19-21-18(24)20-15-9-5-7-11-17(15)22-2/h1,4-11,13H,12H2,2H3,(H2,20,21,24)/b19-13-. The molecule has 0 saturated carbocycles. The van der Waals surface area contributed by atoms with Crippen LogP contribution in [-0.4, -0.2) is 25.0 Å². The number of hydrazone groups is 1. The smallest absolute Gasteiger partial charge is 0.191 e. The molecule has 0 aromatic heterocycles. The van der Waals surface area contributed by atoms with Gasteiger partial charge in [0.15, 0.2) is 5.11 Å². The van der Waals surface area contributed by atoms with Gasteiger partial charge in [0.2, 0.25) is 0 Å². The number of methoxy groups -OCH3 is 1. The van der Waals surface area contributed by atoms with Gasteiger partial charge < -0.3 is 14.8 Å². The highest BCUT2D eigenvalue weighted by Crippen LogP contribution is 2.22. The van der Waals surface area contributed by atoms with Crippen LogP contribution in [0.4, 0.5) is 5.69 Å². The first kappa shape index (κ1) is 17.3. The van der Waals surface area contributed by atoms with Gasteiger partial charge in [0, 0.05) is 5.56 Å². The molecule has 0 spiro atoms. The number of anilines is 1. The second-order valence-electron chi connectivity index (χ2n) is 4.56. The zero-order valence-electron chi connectivity index (χ0n) is 13.2. The molecule has 0 aliphatic heterocycles. The number of benzene rings is 2. The zero-order valence-corrected chi connectivity index (χ0v) is 14.0. The van der Waals surface area contributed by atoms with E-state index in [2.05, 4.69) is 21.8 Å². The van der Waals surface area contributed by atoms with E-state index < -0.39 is 0 Å². The van der Waals surface area contributed by atoms with Crippen molar-refractivity contribution < 1.29 is 9.47 Å². The second-order valence-corrected chi connectivity index (χ2v) is 4.96. The Hall–Kier alpha value is -3.04. The first-order valence-corrected chi connectivity index (χ1v) is 7.53. The van der Waals surface area contributed by atoms with E-state index in [1.807, 2.05) is 48.5 Å². The van der Waals surface area contributed by atoms with Gasteiger partial charge in [-0.15, -0.1) is 6.42 Å². The highest BCUT2D eigenvalue weighted by molar-refractivity contribution is 7.80. The molecule has 0 radical (unpaired) electrons. The maximum atomic E-state index is 5.45. The molecule has 0 fully saturated rings. The van der Waals surface area contributed by atoms with Gasteiger partial charge in [-0.2, -0.15) is 5.10 Å². The number of nitrogens with zero attached hydrogens (tertiary/aromatic N) is 1. The van der Waals surface area contributed by atoms with E-state index in [9.17, 15) is 0 Å². The van der Waals surface area contributed by atoms with Gasteiger partial charge in [0.25, 0.3) is 0 Å². The first-order valence-electron chi connectivity index (χ1n) is 7.13. The van der Waals surface area contributed by atoms with Crippen molar-refractivity contribution >= 4 is 29.2 Å². The van der Waals surface area contributed by atoms with Gasteiger partial charge in [-0.3, -0.25) is 5.43 Å². The summed E-state index contributed by atoms with van der Waals surface area (Å²) in [7, 11) is 1.60. The van der Waals surface area contributed by atoms with Crippen LogP contribution < -0.4 is 20.2 Å². The molecule has 0 heterocycles. The topological polar surface area (TPSA) is 54.9 Å². The average molecular weight is 339 g/mol. The Kier molecular flexibility index (Phi) is 6.62. The molecule has 2 N–H and O–H groups in total. The third-order valence-electron chi connectivity index (χ3n) is 2.95. The van der Waals surface area contributed by atoms with Crippen molar-refractivity contribution in [2.75, 3.05) is 19.0 Å². The maximum Gasteiger partial charge on any atom is 0.191 e. The normalized spacial score (nSPS) is 10.0. The highest BCUT2D eigenvalue weighted by Gasteiger charge is 2.03. The minimum absolute atomic E-state index is 0.200. The van der Waals surface area contributed by atoms with Crippen molar-refractivity contribution in [3.8, 4) is 23.8 Å². The Balaban J connectivity index is 1.97. The Morgan fingerprint density at radius 1 is 1.21 bits per heavy atom. The molecule has 0 bridgehead atoms. The number of ether oxygens (including phenoxy) is 2. The van der Waals surface area contributed by atoms with Gasteiger partial charge in [-0.05, 0) is 36.5 Å². The predicted molar refractivity (Wildman–Crippen MR) is 101 cm³/mol. The molecule has 0 aliphatic rings. The van der Waals surface area contributed by atoms with Crippen molar-refractivity contribution in [2.24, 2.45) is 5.10 Å². The molecule has 0 amide bonds. The quantitative estimate of drug-likeness (QED) is 0.367. The molecule has 0 unspecified atom stereocenters. The van der Waals surface area contributed by atoms with Crippen LogP contribution in [0.1, 0.15) is 5.56 Å². The minimum Gasteiger partial charge on any atom is -0.495 e. The summed E-state index contributed by atoms with van der Waals surface area (Å²) in [6.45, 7) is 0.200. The summed E-state index contributed by atoms with van der Waals surface area (Å²) in [5.41, 5.74) is 4.30. The molecular formula is C18H17N3O2S. The molecule has 24 heavy (non-hydrogen) atoms. The highest BCUT2D eigenvalue weighted by atomic mass is 32.1. The first-order chi connectivity index (χ1) is 11.7. The summed E-state index contributed by atoms with van der Waals surface area (Å²) in [5.74, 6) is 3.78. The molecule has 0 saturated heterocycles. The number of thiocarbonyl (C=S) groups is 1. The third-order valence-corrected chi connectivity index (χ3v) is 3.15. The number of nitrogens with one attached hydrogen (secondary N) is 2. The lowest BCUT2D eigenvalue weighted by Crippen LogP contribution is -2.24. The molecule has 5 nitrogen and oxygen atoms in total. The van der Waals surface area contributed by atoms with Crippen molar-refractivity contribution in [2.45, 2.75) is 0 Å². The number of rotatable bonds is 6. The Bertz CT molecular complexity index is 769. The Labute approximate surface area is 146 Å². The van der Waals surface area contributed by atoms with Crippen LogP contribution in [0, 0.1) is 12.3 Å². The summed E-state index contributed by atoms with van der Waals surface area (Å²) >= 11 is 5.21. The number of hydrogen-bond donors (Lipinski definition) is 2.